The minimum absolute atomic E-state index is 0.208. The maximum Gasteiger partial charge on any atom is 0.214 e. The summed E-state index contributed by atoms with van der Waals surface area (Å²) >= 11 is 0. The number of sulfonamides is 1. The molecule has 0 fully saturated rings. The maximum absolute atomic E-state index is 11.9. The molecule has 0 aromatic carbocycles. The summed E-state index contributed by atoms with van der Waals surface area (Å²) in [7, 11) is -3.11. The zero-order chi connectivity index (χ0) is 11.8. The second-order valence-electron chi connectivity index (χ2n) is 3.96. The van der Waals surface area contributed by atoms with E-state index in [1.807, 2.05) is 18.4 Å². The molecule has 7 heteroatoms. The van der Waals surface area contributed by atoms with Crippen LogP contribution in [-0.2, 0) is 23.1 Å². The zero-order valence-corrected chi connectivity index (χ0v) is 10.4. The van der Waals surface area contributed by atoms with E-state index in [1.165, 1.54) is 4.31 Å². The Hall–Kier alpha value is -0.950. The van der Waals surface area contributed by atoms with Gasteiger partial charge in [-0.1, -0.05) is 6.92 Å². The smallest absolute Gasteiger partial charge is 0.214 e. The van der Waals surface area contributed by atoms with Crippen molar-refractivity contribution < 1.29 is 8.42 Å². The van der Waals surface area contributed by atoms with Crippen LogP contribution in [0.3, 0.4) is 0 Å². The highest BCUT2D eigenvalue weighted by Crippen LogP contribution is 2.15. The fraction of sp³-hybridized carbons (Fsp3) is 0.778. The molecule has 0 spiro atoms. The third-order valence-electron chi connectivity index (χ3n) is 2.76. The van der Waals surface area contributed by atoms with Gasteiger partial charge in [-0.15, -0.1) is 10.2 Å². The molecule has 0 saturated heterocycles. The quantitative estimate of drug-likeness (QED) is 0.758. The Bertz CT molecular complexity index is 480. The zero-order valence-electron chi connectivity index (χ0n) is 9.55. The summed E-state index contributed by atoms with van der Waals surface area (Å²) in [4.78, 5) is 0. The molecule has 0 aliphatic carbocycles. The Morgan fingerprint density at radius 2 is 2.06 bits per heavy atom. The van der Waals surface area contributed by atoms with Crippen molar-refractivity contribution in [3.05, 3.63) is 11.6 Å². The molecule has 1 aromatic heterocycles. The molecule has 1 aliphatic rings. The first-order chi connectivity index (χ1) is 7.54. The Kier molecular flexibility index (Phi) is 2.98. The predicted octanol–water partition coefficient (Wildman–Crippen LogP) is 0.142. The van der Waals surface area contributed by atoms with Crippen LogP contribution in [0.4, 0.5) is 0 Å². The Morgan fingerprint density at radius 3 is 2.75 bits per heavy atom. The molecular weight excluding hydrogens is 228 g/mol. The van der Waals surface area contributed by atoms with Crippen LogP contribution in [0.5, 0.6) is 0 Å². The van der Waals surface area contributed by atoms with E-state index >= 15 is 0 Å². The number of aromatic nitrogens is 3. The number of rotatable bonds is 3. The molecule has 0 bridgehead atoms. The molecule has 0 N–H and O–H groups in total. The van der Waals surface area contributed by atoms with Crippen LogP contribution < -0.4 is 0 Å². The van der Waals surface area contributed by atoms with E-state index in [0.717, 1.165) is 11.6 Å². The molecular formula is C9H16N4O2S. The topological polar surface area (TPSA) is 68.1 Å². The van der Waals surface area contributed by atoms with Gasteiger partial charge in [0, 0.05) is 13.1 Å². The van der Waals surface area contributed by atoms with Gasteiger partial charge in [-0.3, -0.25) is 0 Å². The molecule has 0 radical (unpaired) electrons. The normalized spacial score (nSPS) is 17.4. The second-order valence-corrected chi connectivity index (χ2v) is 6.05. The Balaban J connectivity index is 2.20. The van der Waals surface area contributed by atoms with Crippen molar-refractivity contribution in [1.29, 1.82) is 0 Å². The summed E-state index contributed by atoms with van der Waals surface area (Å²) in [5, 5.41) is 7.94. The van der Waals surface area contributed by atoms with Crippen molar-refractivity contribution in [2.75, 3.05) is 12.3 Å². The van der Waals surface area contributed by atoms with Gasteiger partial charge in [0.05, 0.1) is 12.3 Å². The first-order valence-corrected chi connectivity index (χ1v) is 7.02. The van der Waals surface area contributed by atoms with Gasteiger partial charge >= 0.3 is 0 Å². The van der Waals surface area contributed by atoms with Gasteiger partial charge in [-0.25, -0.2) is 8.42 Å². The monoisotopic (exact) mass is 244 g/mol. The minimum Gasteiger partial charge on any atom is -0.313 e. The molecule has 2 rings (SSSR count). The van der Waals surface area contributed by atoms with Gasteiger partial charge in [0.15, 0.2) is 0 Å². The van der Waals surface area contributed by atoms with Crippen molar-refractivity contribution in [1.82, 2.24) is 19.1 Å². The third kappa shape index (κ3) is 1.97. The van der Waals surface area contributed by atoms with E-state index in [0.29, 0.717) is 26.1 Å². The summed E-state index contributed by atoms with van der Waals surface area (Å²) in [6.45, 7) is 5.27. The fourth-order valence-electron chi connectivity index (χ4n) is 1.91. The summed E-state index contributed by atoms with van der Waals surface area (Å²) < 4.78 is 27.2. The summed E-state index contributed by atoms with van der Waals surface area (Å²) in [5.41, 5.74) is 0. The van der Waals surface area contributed by atoms with Gasteiger partial charge in [-0.05, 0) is 13.3 Å². The van der Waals surface area contributed by atoms with Crippen LogP contribution in [0.2, 0.25) is 0 Å². The lowest BCUT2D eigenvalue weighted by Gasteiger charge is -2.26. The van der Waals surface area contributed by atoms with Crippen molar-refractivity contribution in [2.45, 2.75) is 33.4 Å². The van der Waals surface area contributed by atoms with Gasteiger partial charge in [0.1, 0.15) is 11.6 Å². The third-order valence-corrected chi connectivity index (χ3v) is 4.78. The fourth-order valence-corrected chi connectivity index (χ4v) is 3.35. The van der Waals surface area contributed by atoms with Crippen LogP contribution in [0.15, 0.2) is 0 Å². The molecule has 2 heterocycles. The highest BCUT2D eigenvalue weighted by molar-refractivity contribution is 7.89. The molecule has 1 aromatic rings. The van der Waals surface area contributed by atoms with Gasteiger partial charge in [-0.2, -0.15) is 4.31 Å². The van der Waals surface area contributed by atoms with Gasteiger partial charge < -0.3 is 4.57 Å². The van der Waals surface area contributed by atoms with E-state index < -0.39 is 10.0 Å². The highest BCUT2D eigenvalue weighted by Gasteiger charge is 2.27. The number of hydrogen-bond donors (Lipinski definition) is 0. The molecule has 0 atom stereocenters. The van der Waals surface area contributed by atoms with Crippen LogP contribution in [-0.4, -0.2) is 39.8 Å². The first-order valence-electron chi connectivity index (χ1n) is 5.41. The lowest BCUT2D eigenvalue weighted by molar-refractivity contribution is 0.333. The molecule has 16 heavy (non-hydrogen) atoms. The molecule has 0 saturated carbocycles. The number of hydrogen-bond acceptors (Lipinski definition) is 4. The van der Waals surface area contributed by atoms with Gasteiger partial charge in [0.25, 0.3) is 0 Å². The van der Waals surface area contributed by atoms with Crippen LogP contribution in [0.1, 0.15) is 25.0 Å². The van der Waals surface area contributed by atoms with Crippen molar-refractivity contribution in [3.8, 4) is 0 Å². The molecule has 0 unspecified atom stereocenters. The molecule has 90 valence electrons. The molecule has 1 aliphatic heterocycles. The average molecular weight is 244 g/mol. The van der Waals surface area contributed by atoms with Crippen molar-refractivity contribution in [3.63, 3.8) is 0 Å². The van der Waals surface area contributed by atoms with E-state index in [2.05, 4.69) is 10.2 Å². The Labute approximate surface area is 95.3 Å². The second kappa shape index (κ2) is 4.14. The van der Waals surface area contributed by atoms with Gasteiger partial charge in [0.2, 0.25) is 10.0 Å². The maximum atomic E-state index is 11.9. The Morgan fingerprint density at radius 1 is 1.31 bits per heavy atom. The van der Waals surface area contributed by atoms with Crippen LogP contribution in [0, 0.1) is 6.92 Å². The van der Waals surface area contributed by atoms with E-state index in [9.17, 15) is 8.42 Å². The highest BCUT2D eigenvalue weighted by atomic mass is 32.2. The average Bonchev–Trinajstić information content (AvgIpc) is 2.60. The first kappa shape index (κ1) is 11.5. The summed E-state index contributed by atoms with van der Waals surface area (Å²) in [5.74, 6) is 1.80. The predicted molar refractivity (Wildman–Crippen MR) is 59.2 cm³/mol. The van der Waals surface area contributed by atoms with Crippen LogP contribution in [0.25, 0.3) is 0 Å². The largest absolute Gasteiger partial charge is 0.313 e. The van der Waals surface area contributed by atoms with Crippen LogP contribution >= 0.6 is 0 Å². The summed E-state index contributed by atoms with van der Waals surface area (Å²) in [6.07, 6.45) is 0.643. The number of nitrogens with zero attached hydrogens (tertiary/aromatic N) is 4. The lowest BCUT2D eigenvalue weighted by atomic mass is 10.4. The SMILES string of the molecule is CCCS(=O)(=O)N1CCn2c(C)nnc2C1. The van der Waals surface area contributed by atoms with Crippen molar-refractivity contribution >= 4 is 10.0 Å². The van der Waals surface area contributed by atoms with E-state index in [-0.39, 0.29) is 5.75 Å². The molecule has 6 nitrogen and oxygen atoms in total. The lowest BCUT2D eigenvalue weighted by Crippen LogP contribution is -2.39. The number of aryl methyl sites for hydroxylation is 1. The van der Waals surface area contributed by atoms with E-state index in [4.69, 9.17) is 0 Å². The molecule has 0 amide bonds. The standard InChI is InChI=1S/C9H16N4O2S/c1-3-6-16(14,15)12-4-5-13-8(2)10-11-9(13)7-12/h3-7H2,1-2H3. The summed E-state index contributed by atoms with van der Waals surface area (Å²) in [6, 6.07) is 0. The van der Waals surface area contributed by atoms with Crippen molar-refractivity contribution in [2.24, 2.45) is 0 Å². The number of fused-ring (bicyclic) bond motifs is 1. The minimum atomic E-state index is -3.11. The van der Waals surface area contributed by atoms with E-state index in [1.54, 1.807) is 0 Å².